The van der Waals surface area contributed by atoms with Gasteiger partial charge in [0.25, 0.3) is 5.91 Å². The minimum Gasteiger partial charge on any atom is -0.394 e. The standard InChI is InChI=1S/C25H31N5O2/c1-5-30-14-19(13-27-30)22-11-18(12-26-23(22)29-25(3,4)15-31)21-10-17(7-6-16(21)2)24(32)28-20-8-9-20/h6-7,10-14,20,31H,5,8-9,15H2,1-4H3,(H,26,29)(H,28,32). The van der Waals surface area contributed by atoms with Crippen LogP contribution in [0.25, 0.3) is 22.3 Å². The molecule has 0 aliphatic heterocycles. The van der Waals surface area contributed by atoms with Crippen LogP contribution < -0.4 is 10.6 Å². The van der Waals surface area contributed by atoms with Crippen LogP contribution in [0, 0.1) is 6.92 Å². The Morgan fingerprint density at radius 2 is 1.97 bits per heavy atom. The van der Waals surface area contributed by atoms with E-state index in [1.54, 1.807) is 0 Å². The maximum atomic E-state index is 12.6. The van der Waals surface area contributed by atoms with Crippen LogP contribution in [-0.4, -0.2) is 44.0 Å². The first kappa shape index (κ1) is 22.0. The van der Waals surface area contributed by atoms with Gasteiger partial charge >= 0.3 is 0 Å². The minimum atomic E-state index is -0.527. The van der Waals surface area contributed by atoms with E-state index in [0.717, 1.165) is 47.2 Å². The molecule has 1 aromatic carbocycles. The van der Waals surface area contributed by atoms with Gasteiger partial charge < -0.3 is 15.7 Å². The maximum Gasteiger partial charge on any atom is 0.251 e. The molecule has 0 bridgehead atoms. The van der Waals surface area contributed by atoms with Crippen molar-refractivity contribution in [1.82, 2.24) is 20.1 Å². The Bertz CT molecular complexity index is 1130. The first-order valence-corrected chi connectivity index (χ1v) is 11.1. The van der Waals surface area contributed by atoms with Gasteiger partial charge in [-0.3, -0.25) is 9.48 Å². The number of anilines is 1. The van der Waals surface area contributed by atoms with E-state index in [9.17, 15) is 9.90 Å². The molecule has 2 heterocycles. The number of amides is 1. The Kier molecular flexibility index (Phi) is 6.02. The minimum absolute atomic E-state index is 0.0264. The van der Waals surface area contributed by atoms with Crippen LogP contribution in [0.4, 0.5) is 5.82 Å². The Balaban J connectivity index is 1.76. The predicted molar refractivity (Wildman–Crippen MR) is 127 cm³/mol. The number of hydrogen-bond acceptors (Lipinski definition) is 5. The predicted octanol–water partition coefficient (Wildman–Crippen LogP) is 4.02. The zero-order valence-corrected chi connectivity index (χ0v) is 19.1. The Morgan fingerprint density at radius 3 is 2.62 bits per heavy atom. The topological polar surface area (TPSA) is 92.1 Å². The number of aliphatic hydroxyl groups excluding tert-OH is 1. The lowest BCUT2D eigenvalue weighted by Gasteiger charge is -2.26. The summed E-state index contributed by atoms with van der Waals surface area (Å²) < 4.78 is 1.87. The lowest BCUT2D eigenvalue weighted by molar-refractivity contribution is 0.0951. The maximum absolute atomic E-state index is 12.6. The van der Waals surface area contributed by atoms with E-state index in [2.05, 4.69) is 21.8 Å². The van der Waals surface area contributed by atoms with Gasteiger partial charge in [-0.05, 0) is 69.9 Å². The monoisotopic (exact) mass is 433 g/mol. The number of nitrogens with one attached hydrogen (secondary N) is 2. The average molecular weight is 434 g/mol. The van der Waals surface area contributed by atoms with Crippen molar-refractivity contribution in [3.05, 3.63) is 54.0 Å². The van der Waals surface area contributed by atoms with Gasteiger partial charge in [0.2, 0.25) is 0 Å². The molecule has 3 aromatic rings. The quantitative estimate of drug-likeness (QED) is 0.499. The number of hydrogen-bond donors (Lipinski definition) is 3. The third kappa shape index (κ3) is 4.83. The van der Waals surface area contributed by atoms with E-state index in [0.29, 0.717) is 17.4 Å². The number of nitrogens with zero attached hydrogens (tertiary/aromatic N) is 3. The number of rotatable bonds is 8. The van der Waals surface area contributed by atoms with Crippen LogP contribution in [0.2, 0.25) is 0 Å². The Hall–Kier alpha value is -3.19. The summed E-state index contributed by atoms with van der Waals surface area (Å²) in [6.45, 7) is 8.67. The molecule has 168 valence electrons. The van der Waals surface area contributed by atoms with Crippen molar-refractivity contribution in [1.29, 1.82) is 0 Å². The number of aliphatic hydroxyl groups is 1. The van der Waals surface area contributed by atoms with Crippen LogP contribution >= 0.6 is 0 Å². The molecule has 4 rings (SSSR count). The molecule has 0 unspecified atom stereocenters. The molecule has 0 radical (unpaired) electrons. The largest absolute Gasteiger partial charge is 0.394 e. The number of aryl methyl sites for hydroxylation is 2. The SMILES string of the molecule is CCn1cc(-c2cc(-c3cc(C(=O)NC4CC4)ccc3C)cnc2NC(C)(C)CO)cn1. The highest BCUT2D eigenvalue weighted by atomic mass is 16.3. The normalized spacial score (nSPS) is 13.8. The summed E-state index contributed by atoms with van der Waals surface area (Å²) in [6.07, 6.45) is 7.75. The van der Waals surface area contributed by atoms with Gasteiger partial charge in [-0.2, -0.15) is 5.10 Å². The van der Waals surface area contributed by atoms with Gasteiger partial charge in [0, 0.05) is 47.2 Å². The molecular weight excluding hydrogens is 402 g/mol. The zero-order valence-electron chi connectivity index (χ0n) is 19.1. The summed E-state index contributed by atoms with van der Waals surface area (Å²) in [6, 6.07) is 8.18. The zero-order chi connectivity index (χ0) is 22.9. The Morgan fingerprint density at radius 1 is 1.19 bits per heavy atom. The van der Waals surface area contributed by atoms with Gasteiger partial charge in [0.15, 0.2) is 0 Å². The molecule has 0 spiro atoms. The van der Waals surface area contributed by atoms with Gasteiger partial charge in [-0.1, -0.05) is 6.07 Å². The molecule has 1 saturated carbocycles. The summed E-state index contributed by atoms with van der Waals surface area (Å²) in [5.41, 5.74) is 4.94. The molecule has 3 N–H and O–H groups in total. The number of carbonyl (C=O) groups excluding carboxylic acids is 1. The number of pyridine rings is 1. The van der Waals surface area contributed by atoms with Gasteiger partial charge in [-0.15, -0.1) is 0 Å². The average Bonchev–Trinajstić information content (AvgIpc) is 3.46. The fourth-order valence-electron chi connectivity index (χ4n) is 3.54. The molecule has 32 heavy (non-hydrogen) atoms. The van der Waals surface area contributed by atoms with Crippen molar-refractivity contribution in [3.63, 3.8) is 0 Å². The van der Waals surface area contributed by atoms with E-state index in [4.69, 9.17) is 4.98 Å². The van der Waals surface area contributed by atoms with E-state index in [1.165, 1.54) is 0 Å². The molecule has 7 nitrogen and oxygen atoms in total. The fraction of sp³-hybridized carbons (Fsp3) is 0.400. The number of aromatic nitrogens is 3. The third-order valence-electron chi connectivity index (χ3n) is 5.73. The van der Waals surface area contributed by atoms with E-state index in [1.807, 2.05) is 69.2 Å². The van der Waals surface area contributed by atoms with Crippen molar-refractivity contribution in [2.75, 3.05) is 11.9 Å². The van der Waals surface area contributed by atoms with Crippen molar-refractivity contribution in [2.45, 2.75) is 58.7 Å². The molecule has 7 heteroatoms. The summed E-state index contributed by atoms with van der Waals surface area (Å²) in [5.74, 6) is 0.651. The van der Waals surface area contributed by atoms with Crippen molar-refractivity contribution < 1.29 is 9.90 Å². The van der Waals surface area contributed by atoms with Crippen molar-refractivity contribution in [3.8, 4) is 22.3 Å². The van der Waals surface area contributed by atoms with Crippen molar-refractivity contribution >= 4 is 11.7 Å². The molecule has 1 amide bonds. The highest BCUT2D eigenvalue weighted by Gasteiger charge is 2.24. The summed E-state index contributed by atoms with van der Waals surface area (Å²) in [7, 11) is 0. The van der Waals surface area contributed by atoms with Gasteiger partial charge in [0.05, 0.1) is 18.3 Å². The molecular formula is C25H31N5O2. The molecule has 1 aliphatic carbocycles. The van der Waals surface area contributed by atoms with Crippen molar-refractivity contribution in [2.24, 2.45) is 0 Å². The number of benzene rings is 1. The Labute approximate surface area is 188 Å². The van der Waals surface area contributed by atoms with Crippen LogP contribution in [0.5, 0.6) is 0 Å². The summed E-state index contributed by atoms with van der Waals surface area (Å²) in [4.78, 5) is 17.3. The van der Waals surface area contributed by atoms with Crippen LogP contribution in [-0.2, 0) is 6.54 Å². The smallest absolute Gasteiger partial charge is 0.251 e. The highest BCUT2D eigenvalue weighted by Crippen LogP contribution is 2.34. The third-order valence-corrected chi connectivity index (χ3v) is 5.73. The van der Waals surface area contributed by atoms with Gasteiger partial charge in [0.1, 0.15) is 5.82 Å². The fourth-order valence-corrected chi connectivity index (χ4v) is 3.54. The first-order chi connectivity index (χ1) is 15.3. The summed E-state index contributed by atoms with van der Waals surface area (Å²) in [5, 5.41) is 20.6. The molecule has 0 atom stereocenters. The lowest BCUT2D eigenvalue weighted by atomic mass is 9.96. The van der Waals surface area contributed by atoms with Crippen LogP contribution in [0.1, 0.15) is 49.5 Å². The summed E-state index contributed by atoms with van der Waals surface area (Å²) >= 11 is 0. The second-order valence-electron chi connectivity index (χ2n) is 9.15. The molecule has 1 aliphatic rings. The van der Waals surface area contributed by atoms with Crippen LogP contribution in [0.3, 0.4) is 0 Å². The van der Waals surface area contributed by atoms with E-state index >= 15 is 0 Å². The van der Waals surface area contributed by atoms with Gasteiger partial charge in [-0.25, -0.2) is 4.98 Å². The van der Waals surface area contributed by atoms with E-state index < -0.39 is 5.54 Å². The molecule has 1 fully saturated rings. The first-order valence-electron chi connectivity index (χ1n) is 11.1. The lowest BCUT2D eigenvalue weighted by Crippen LogP contribution is -2.35. The molecule has 0 saturated heterocycles. The van der Waals surface area contributed by atoms with E-state index in [-0.39, 0.29) is 12.5 Å². The number of carbonyl (C=O) groups is 1. The highest BCUT2D eigenvalue weighted by molar-refractivity contribution is 5.96. The second kappa shape index (κ2) is 8.74. The van der Waals surface area contributed by atoms with Crippen LogP contribution in [0.15, 0.2) is 42.9 Å². The molecule has 2 aromatic heterocycles. The second-order valence-corrected chi connectivity index (χ2v) is 9.15.